The summed E-state index contributed by atoms with van der Waals surface area (Å²) in [5, 5.41) is 3.24. The van der Waals surface area contributed by atoms with Crippen molar-refractivity contribution in [3.8, 4) is 22.8 Å². The van der Waals surface area contributed by atoms with Gasteiger partial charge in [0.1, 0.15) is 0 Å². The average molecular weight is 412 g/mol. The Morgan fingerprint density at radius 3 is 2.52 bits per heavy atom. The molecule has 1 aromatic heterocycles. The Kier molecular flexibility index (Phi) is 7.07. The third-order valence-corrected chi connectivity index (χ3v) is 5.35. The van der Waals surface area contributed by atoms with E-state index in [0.717, 1.165) is 43.6 Å². The van der Waals surface area contributed by atoms with Crippen LogP contribution in [0.2, 0.25) is 0 Å². The number of nitrogens with zero attached hydrogens (tertiary/aromatic N) is 2. The first-order valence-corrected chi connectivity index (χ1v) is 9.81. The molecule has 1 amide bonds. The Hall–Kier alpha value is -2.63. The minimum absolute atomic E-state index is 0. The Labute approximate surface area is 177 Å². The second-order valence-electron chi connectivity index (χ2n) is 7.23. The van der Waals surface area contributed by atoms with Gasteiger partial charge in [-0.05, 0) is 44.5 Å². The summed E-state index contributed by atoms with van der Waals surface area (Å²) in [6.45, 7) is 2.60. The lowest BCUT2D eigenvalue weighted by molar-refractivity contribution is 0.0691. The monoisotopic (exact) mass is 411 g/mol. The van der Waals surface area contributed by atoms with Gasteiger partial charge >= 0.3 is 0 Å². The van der Waals surface area contributed by atoms with Gasteiger partial charge in [0.2, 0.25) is 5.89 Å². The molecule has 0 aliphatic carbocycles. The molecule has 152 valence electrons. The van der Waals surface area contributed by atoms with Crippen LogP contribution in [0.25, 0.3) is 22.8 Å². The van der Waals surface area contributed by atoms with Crippen LogP contribution in [-0.4, -0.2) is 42.5 Å². The highest BCUT2D eigenvalue weighted by molar-refractivity contribution is 6.00. The number of hydrogen-bond acceptors (Lipinski definition) is 4. The second kappa shape index (κ2) is 9.72. The maximum atomic E-state index is 13.2. The molecule has 0 unspecified atom stereocenters. The van der Waals surface area contributed by atoms with Gasteiger partial charge in [0, 0.05) is 24.2 Å². The SMILES string of the molecule is CNCC1CCN(C(=O)c2ccccc2-c2ncc(-c3ccccc3)o2)CC1.Cl. The first-order chi connectivity index (χ1) is 13.8. The van der Waals surface area contributed by atoms with E-state index in [-0.39, 0.29) is 18.3 Å². The van der Waals surface area contributed by atoms with Crippen LogP contribution in [-0.2, 0) is 0 Å². The minimum atomic E-state index is 0. The van der Waals surface area contributed by atoms with E-state index in [1.165, 1.54) is 0 Å². The second-order valence-corrected chi connectivity index (χ2v) is 7.23. The van der Waals surface area contributed by atoms with E-state index in [4.69, 9.17) is 4.42 Å². The lowest BCUT2D eigenvalue weighted by Crippen LogP contribution is -2.40. The molecular weight excluding hydrogens is 386 g/mol. The molecule has 4 rings (SSSR count). The fourth-order valence-electron chi connectivity index (χ4n) is 3.79. The minimum Gasteiger partial charge on any atom is -0.436 e. The summed E-state index contributed by atoms with van der Waals surface area (Å²) in [7, 11) is 1.98. The van der Waals surface area contributed by atoms with Crippen LogP contribution >= 0.6 is 12.4 Å². The lowest BCUT2D eigenvalue weighted by atomic mass is 9.96. The fraction of sp³-hybridized carbons (Fsp3) is 0.304. The van der Waals surface area contributed by atoms with Gasteiger partial charge in [0.05, 0.1) is 11.8 Å². The molecule has 1 aliphatic rings. The number of rotatable bonds is 5. The molecule has 0 radical (unpaired) electrons. The van der Waals surface area contributed by atoms with Crippen LogP contribution in [0.3, 0.4) is 0 Å². The lowest BCUT2D eigenvalue weighted by Gasteiger charge is -2.32. The standard InChI is InChI=1S/C23H25N3O2.ClH/c1-24-15-17-11-13-26(14-12-17)23(27)20-10-6-5-9-19(20)22-25-16-21(28-22)18-7-3-2-4-8-18;/h2-10,16-17,24H,11-15H2,1H3;1H. The van der Waals surface area contributed by atoms with Gasteiger partial charge in [-0.1, -0.05) is 42.5 Å². The van der Waals surface area contributed by atoms with Gasteiger partial charge in [-0.3, -0.25) is 4.79 Å². The molecule has 6 heteroatoms. The van der Waals surface area contributed by atoms with E-state index in [9.17, 15) is 4.79 Å². The molecular formula is C23H26ClN3O2. The number of carbonyl (C=O) groups is 1. The van der Waals surface area contributed by atoms with Crippen molar-refractivity contribution in [2.24, 2.45) is 5.92 Å². The normalized spacial score (nSPS) is 14.4. The van der Waals surface area contributed by atoms with Crippen LogP contribution in [0.15, 0.2) is 65.2 Å². The number of piperidine rings is 1. The van der Waals surface area contributed by atoms with E-state index < -0.39 is 0 Å². The molecule has 0 atom stereocenters. The molecule has 1 saturated heterocycles. The van der Waals surface area contributed by atoms with E-state index >= 15 is 0 Å². The Morgan fingerprint density at radius 2 is 1.79 bits per heavy atom. The highest BCUT2D eigenvalue weighted by Crippen LogP contribution is 2.29. The number of hydrogen-bond donors (Lipinski definition) is 1. The number of carbonyl (C=O) groups excluding carboxylic acids is 1. The zero-order valence-corrected chi connectivity index (χ0v) is 17.3. The molecule has 1 aliphatic heterocycles. The average Bonchev–Trinajstić information content (AvgIpc) is 3.25. The van der Waals surface area contributed by atoms with Crippen molar-refractivity contribution in [2.45, 2.75) is 12.8 Å². The number of likely N-dealkylation sites (tertiary alicyclic amines) is 1. The van der Waals surface area contributed by atoms with Crippen molar-refractivity contribution in [3.63, 3.8) is 0 Å². The maximum absolute atomic E-state index is 13.2. The van der Waals surface area contributed by atoms with Crippen molar-refractivity contribution >= 4 is 18.3 Å². The number of amides is 1. The summed E-state index contributed by atoms with van der Waals surface area (Å²) < 4.78 is 5.99. The van der Waals surface area contributed by atoms with E-state index in [2.05, 4.69) is 10.3 Å². The van der Waals surface area contributed by atoms with Gasteiger partial charge in [-0.25, -0.2) is 4.98 Å². The summed E-state index contributed by atoms with van der Waals surface area (Å²) in [5.41, 5.74) is 2.36. The number of oxazole rings is 1. The van der Waals surface area contributed by atoms with Crippen molar-refractivity contribution in [1.29, 1.82) is 0 Å². The van der Waals surface area contributed by atoms with Crippen LogP contribution in [0, 0.1) is 5.92 Å². The van der Waals surface area contributed by atoms with E-state index in [1.807, 2.05) is 66.5 Å². The van der Waals surface area contributed by atoms with Gasteiger partial charge in [-0.2, -0.15) is 0 Å². The molecule has 5 nitrogen and oxygen atoms in total. The molecule has 2 aromatic carbocycles. The van der Waals surface area contributed by atoms with Gasteiger partial charge in [0.15, 0.2) is 5.76 Å². The fourth-order valence-corrected chi connectivity index (χ4v) is 3.79. The van der Waals surface area contributed by atoms with Gasteiger partial charge in [-0.15, -0.1) is 12.4 Å². The quantitative estimate of drug-likeness (QED) is 0.671. The molecule has 2 heterocycles. The molecule has 0 spiro atoms. The van der Waals surface area contributed by atoms with Crippen molar-refractivity contribution < 1.29 is 9.21 Å². The molecule has 1 N–H and O–H groups in total. The Bertz CT molecular complexity index is 934. The third-order valence-electron chi connectivity index (χ3n) is 5.35. The van der Waals surface area contributed by atoms with Crippen molar-refractivity contribution in [3.05, 3.63) is 66.4 Å². The molecule has 29 heavy (non-hydrogen) atoms. The van der Waals surface area contributed by atoms with Gasteiger partial charge in [0.25, 0.3) is 5.91 Å². The Balaban J connectivity index is 0.00000240. The van der Waals surface area contributed by atoms with Crippen LogP contribution in [0.5, 0.6) is 0 Å². The highest BCUT2D eigenvalue weighted by Gasteiger charge is 2.26. The Morgan fingerprint density at radius 1 is 1.10 bits per heavy atom. The summed E-state index contributed by atoms with van der Waals surface area (Å²) in [5.74, 6) is 1.88. The van der Waals surface area contributed by atoms with Crippen LogP contribution < -0.4 is 5.32 Å². The first-order valence-electron chi connectivity index (χ1n) is 9.81. The smallest absolute Gasteiger partial charge is 0.254 e. The summed E-state index contributed by atoms with van der Waals surface area (Å²) in [6, 6.07) is 17.4. The predicted molar refractivity (Wildman–Crippen MR) is 117 cm³/mol. The van der Waals surface area contributed by atoms with Crippen LogP contribution in [0.4, 0.5) is 0 Å². The predicted octanol–water partition coefficient (Wildman–Crippen LogP) is 4.50. The topological polar surface area (TPSA) is 58.4 Å². The van der Waals surface area contributed by atoms with Crippen molar-refractivity contribution in [2.75, 3.05) is 26.7 Å². The van der Waals surface area contributed by atoms with E-state index in [0.29, 0.717) is 23.1 Å². The largest absolute Gasteiger partial charge is 0.436 e. The molecule has 0 bridgehead atoms. The zero-order valence-electron chi connectivity index (χ0n) is 16.5. The van der Waals surface area contributed by atoms with Gasteiger partial charge < -0.3 is 14.6 Å². The number of aromatic nitrogens is 1. The number of halogens is 1. The summed E-state index contributed by atoms with van der Waals surface area (Å²) in [4.78, 5) is 19.6. The molecule has 1 fully saturated rings. The number of benzene rings is 2. The molecule has 3 aromatic rings. The third kappa shape index (κ3) is 4.69. The summed E-state index contributed by atoms with van der Waals surface area (Å²) in [6.07, 6.45) is 3.78. The van der Waals surface area contributed by atoms with Crippen LogP contribution in [0.1, 0.15) is 23.2 Å². The first kappa shape index (κ1) is 21.1. The highest BCUT2D eigenvalue weighted by atomic mass is 35.5. The molecule has 0 saturated carbocycles. The van der Waals surface area contributed by atoms with E-state index in [1.54, 1.807) is 6.20 Å². The maximum Gasteiger partial charge on any atom is 0.254 e. The number of nitrogens with one attached hydrogen (secondary N) is 1. The zero-order chi connectivity index (χ0) is 19.3. The van der Waals surface area contributed by atoms with Crippen molar-refractivity contribution in [1.82, 2.24) is 15.2 Å². The summed E-state index contributed by atoms with van der Waals surface area (Å²) >= 11 is 0.